The number of phenols is 1. The third kappa shape index (κ3) is 28.5. The number of unbranched alkanes of at least 4 members (excludes halogenated alkanes) is 1. The van der Waals surface area contributed by atoms with Crippen molar-refractivity contribution in [3.8, 4) is 5.75 Å². The van der Waals surface area contributed by atoms with Gasteiger partial charge in [0.05, 0.1) is 12.6 Å². The first-order valence-electron chi connectivity index (χ1n) is 34.3. The molecule has 34 nitrogen and oxygen atoms in total. The number of rotatable bonds is 43. The summed E-state index contributed by atoms with van der Waals surface area (Å²) in [6.45, 7) is 7.38. The van der Waals surface area contributed by atoms with Gasteiger partial charge in [-0.25, -0.2) is 0 Å². The van der Waals surface area contributed by atoms with Gasteiger partial charge in [-0.3, -0.25) is 67.7 Å². The summed E-state index contributed by atoms with van der Waals surface area (Å²) in [6, 6.07) is 2.68. The van der Waals surface area contributed by atoms with Gasteiger partial charge in [-0.15, -0.1) is 0 Å². The second-order valence-electron chi connectivity index (χ2n) is 25.7. The number of nitrogens with one attached hydrogen (secondary N) is 8. The van der Waals surface area contributed by atoms with E-state index in [1.807, 2.05) is 0 Å². The summed E-state index contributed by atoms with van der Waals surface area (Å²) in [5, 5.41) is 31.6. The van der Waals surface area contributed by atoms with E-state index in [4.69, 9.17) is 51.6 Å². The average Bonchev–Trinajstić information content (AvgIpc) is 1.61. The first kappa shape index (κ1) is 82.6. The lowest BCUT2D eigenvalue weighted by molar-refractivity contribution is -0.142. The Bertz CT molecular complexity index is 3130. The lowest BCUT2D eigenvalue weighted by Gasteiger charge is -2.32. The van der Waals surface area contributed by atoms with Crippen LogP contribution >= 0.6 is 0 Å². The van der Waals surface area contributed by atoms with Gasteiger partial charge in [0.25, 0.3) is 0 Å². The van der Waals surface area contributed by atoms with E-state index in [1.54, 1.807) is 70.2 Å². The molecule has 2 heterocycles. The quantitative estimate of drug-likeness (QED) is 0.0170. The van der Waals surface area contributed by atoms with Gasteiger partial charge in [0.15, 0.2) is 17.9 Å². The molecule has 34 heteroatoms. The van der Waals surface area contributed by atoms with Crippen LogP contribution in [0.25, 0.3) is 0 Å². The number of phenolic OH excluding ortho intramolecular Hbond substituents is 1. The van der Waals surface area contributed by atoms with Crippen LogP contribution in [-0.2, 0) is 65.6 Å². The van der Waals surface area contributed by atoms with Crippen LogP contribution in [0.1, 0.15) is 135 Å². The number of aliphatic imine (C=N–C) groups is 3. The minimum absolute atomic E-state index is 0.00568. The molecule has 2 fully saturated rings. The Morgan fingerprint density at radius 2 is 0.980 bits per heavy atom. The van der Waals surface area contributed by atoms with Crippen molar-refractivity contribution in [1.82, 2.24) is 52.3 Å². The molecule has 100 heavy (non-hydrogen) atoms. The highest BCUT2D eigenvalue weighted by Crippen LogP contribution is 2.23. The first-order valence-corrected chi connectivity index (χ1v) is 34.3. The van der Waals surface area contributed by atoms with Gasteiger partial charge in [0.1, 0.15) is 60.1 Å². The molecule has 554 valence electrons. The number of likely N-dealkylation sites (tertiary alicyclic amines) is 2. The van der Waals surface area contributed by atoms with Crippen molar-refractivity contribution >= 4 is 82.9 Å². The predicted octanol–water partition coefficient (Wildman–Crippen LogP) is -4.14. The molecular formula is C66H108N22O12. The molecule has 0 saturated carbocycles. The summed E-state index contributed by atoms with van der Waals surface area (Å²) < 4.78 is 0. The van der Waals surface area contributed by atoms with E-state index in [0.29, 0.717) is 49.8 Å². The maximum absolute atomic E-state index is 14.8. The predicted molar refractivity (Wildman–Crippen MR) is 377 cm³/mol. The van der Waals surface area contributed by atoms with Gasteiger partial charge in [-0.05, 0) is 138 Å². The maximum Gasteiger partial charge on any atom is 0.245 e. The van der Waals surface area contributed by atoms with Gasteiger partial charge in [0, 0.05) is 39.1 Å². The highest BCUT2D eigenvalue weighted by atomic mass is 16.3. The van der Waals surface area contributed by atoms with E-state index in [2.05, 4.69) is 57.5 Å². The Hall–Kier alpha value is -9.86. The normalized spacial score (nSPS) is 16.8. The molecule has 2 aliphatic rings. The number of nitrogens with zero attached hydrogens (tertiary/aromatic N) is 5. The Labute approximate surface area is 583 Å². The van der Waals surface area contributed by atoms with Crippen molar-refractivity contribution < 1.29 is 57.8 Å². The van der Waals surface area contributed by atoms with Crippen molar-refractivity contribution in [2.45, 2.75) is 197 Å². The molecule has 0 aliphatic carbocycles. The molecule has 0 bridgehead atoms. The van der Waals surface area contributed by atoms with Crippen LogP contribution in [0.5, 0.6) is 5.75 Å². The fourth-order valence-corrected chi connectivity index (χ4v) is 11.6. The third-order valence-corrected chi connectivity index (χ3v) is 17.2. The third-order valence-electron chi connectivity index (χ3n) is 17.2. The van der Waals surface area contributed by atoms with E-state index >= 15 is 0 Å². The molecule has 0 aromatic heterocycles. The maximum atomic E-state index is 14.8. The van der Waals surface area contributed by atoms with E-state index in [0.717, 1.165) is 0 Å². The van der Waals surface area contributed by atoms with Crippen molar-refractivity contribution in [2.75, 3.05) is 45.8 Å². The van der Waals surface area contributed by atoms with Crippen molar-refractivity contribution in [1.29, 1.82) is 0 Å². The second kappa shape index (κ2) is 42.8. The van der Waals surface area contributed by atoms with Crippen LogP contribution in [0.15, 0.2) is 69.6 Å². The highest BCUT2D eigenvalue weighted by molar-refractivity contribution is 5.99. The summed E-state index contributed by atoms with van der Waals surface area (Å²) in [7, 11) is 0. The molecule has 2 aromatic rings. The number of amides is 11. The Balaban J connectivity index is 1.61. The Morgan fingerprint density at radius 3 is 1.50 bits per heavy atom. The SMILES string of the molecule is CC[C@H](C)[C@H](NC(=O)[C@H](CCCN=C(N)N)NC(=O)[C@H](CCCN=C(N)N)NC(=O)[C@H](CC(C)C)NC(=O)[C@H](Cc1ccccc1)NC(=O)[C@@H]1CCCN1C(=O)CNC(=O)[C@@H](N)Cc1ccc(O)cc1)C(=O)N[C@@H](CCCN=C(N)N)C(=O)N1CCC[C@H]1C(=O)N[C@@H](CCCCN)C(N)=O. The molecule has 11 amide bonds. The Morgan fingerprint density at radius 1 is 0.520 bits per heavy atom. The molecule has 0 radical (unpaired) electrons. The van der Waals surface area contributed by atoms with Gasteiger partial charge in [0.2, 0.25) is 65.0 Å². The number of hydrogen-bond acceptors (Lipinski definition) is 17. The largest absolute Gasteiger partial charge is 0.508 e. The lowest BCUT2D eigenvalue weighted by atomic mass is 9.96. The van der Waals surface area contributed by atoms with Gasteiger partial charge in [-0.2, -0.15) is 0 Å². The molecule has 2 aromatic carbocycles. The number of guanidine groups is 3. The summed E-state index contributed by atoms with van der Waals surface area (Å²) in [4.78, 5) is 170. The van der Waals surface area contributed by atoms with Gasteiger partial charge < -0.3 is 109 Å². The van der Waals surface area contributed by atoms with Crippen molar-refractivity contribution in [3.63, 3.8) is 0 Å². The highest BCUT2D eigenvalue weighted by Gasteiger charge is 2.42. The van der Waals surface area contributed by atoms with E-state index in [-0.39, 0.29) is 139 Å². The summed E-state index contributed by atoms with van der Waals surface area (Å²) in [5.74, 6) is -9.39. The number of primary amides is 1. The lowest BCUT2D eigenvalue weighted by Crippen LogP contribution is -2.61. The molecule has 11 atom stereocenters. The van der Waals surface area contributed by atoms with Gasteiger partial charge in [-0.1, -0.05) is 76.6 Å². The monoisotopic (exact) mass is 1400 g/mol. The minimum Gasteiger partial charge on any atom is -0.508 e. The number of nitrogens with two attached hydrogens (primary N) is 9. The number of carbonyl (C=O) groups excluding carboxylic acids is 11. The molecule has 4 rings (SSSR count). The fraction of sp³-hybridized carbons (Fsp3) is 0.606. The smallest absolute Gasteiger partial charge is 0.245 e. The zero-order chi connectivity index (χ0) is 74.0. The number of benzene rings is 2. The van der Waals surface area contributed by atoms with Crippen LogP contribution in [0.2, 0.25) is 0 Å². The molecule has 0 spiro atoms. The number of hydrogen-bond donors (Lipinski definition) is 18. The van der Waals surface area contributed by atoms with Crippen molar-refractivity contribution in [3.05, 3.63) is 65.7 Å². The molecule has 2 saturated heterocycles. The van der Waals surface area contributed by atoms with E-state index in [9.17, 15) is 57.8 Å². The zero-order valence-electron chi connectivity index (χ0n) is 58.0. The van der Waals surface area contributed by atoms with Crippen LogP contribution in [0.3, 0.4) is 0 Å². The number of aromatic hydroxyl groups is 1. The summed E-state index contributed by atoms with van der Waals surface area (Å²) in [5.41, 5.74) is 52.5. The number of carbonyl (C=O) groups is 11. The van der Waals surface area contributed by atoms with Crippen LogP contribution < -0.4 is 94.1 Å². The second-order valence-corrected chi connectivity index (χ2v) is 25.7. The molecule has 27 N–H and O–H groups in total. The van der Waals surface area contributed by atoms with Crippen LogP contribution in [0.4, 0.5) is 0 Å². The Kier molecular flexibility index (Phi) is 35.4. The summed E-state index contributed by atoms with van der Waals surface area (Å²) in [6.07, 6.45) is 3.25. The summed E-state index contributed by atoms with van der Waals surface area (Å²) >= 11 is 0. The first-order chi connectivity index (χ1) is 47.5. The topological polar surface area (TPSA) is 582 Å². The standard InChI is InChI=1S/C66H108N22O12/c1-5-39(4)53(62(99)83-47(21-13-31-78-66(74)75)63(100)88-33-15-23-51(88)61(98)80-44(54(69)91)18-9-10-28-67)86-57(94)46(20-12-30-77-65(72)73)81-56(93)45(19-11-29-76-64(70)71)82-58(95)48(34-38(2)3)84-59(96)49(36-40-16-7-6-8-17-40)85-60(97)50-22-14-32-87(50)52(90)37-79-55(92)43(68)35-41-24-26-42(89)27-25-41/h6-8,16-17,24-27,38-39,43-51,53,89H,5,9-15,18-23,28-37,67-68H2,1-4H3,(H2,69,91)(H,79,92)(H,80,98)(H,81,93)(H,82,95)(H,83,99)(H,84,96)(H,85,97)(H,86,94)(H4,70,71,76)(H4,72,73,77)(H4,74,75,78)/t39-,43-,44-,45-,46-,47-,48-,49-,50-,51-,53-/m0/s1. The average molecular weight is 1400 g/mol. The van der Waals surface area contributed by atoms with Gasteiger partial charge >= 0.3 is 0 Å². The van der Waals surface area contributed by atoms with Crippen molar-refractivity contribution in [2.24, 2.45) is 78.4 Å². The molecule has 0 unspecified atom stereocenters. The zero-order valence-corrected chi connectivity index (χ0v) is 58.0. The van der Waals surface area contributed by atoms with Crippen LogP contribution in [0, 0.1) is 11.8 Å². The van der Waals surface area contributed by atoms with Crippen LogP contribution in [-0.4, -0.2) is 204 Å². The minimum atomic E-state index is -1.43. The fourth-order valence-electron chi connectivity index (χ4n) is 11.6. The molecule has 2 aliphatic heterocycles. The van der Waals surface area contributed by atoms with E-state index in [1.165, 1.54) is 21.9 Å². The van der Waals surface area contributed by atoms with E-state index < -0.39 is 138 Å². The molecular weight excluding hydrogens is 1290 g/mol.